The molecule has 0 aliphatic carbocycles. The summed E-state index contributed by atoms with van der Waals surface area (Å²) in [6.45, 7) is 1.90. The van der Waals surface area contributed by atoms with Gasteiger partial charge in [-0.25, -0.2) is 4.57 Å². The first-order valence-electron chi connectivity index (χ1n) is 10.4. The number of carboxylic acids is 1. The molecule has 1 fully saturated rings. The summed E-state index contributed by atoms with van der Waals surface area (Å²) in [6, 6.07) is 2.48. The van der Waals surface area contributed by atoms with Crippen molar-refractivity contribution < 1.29 is 34.0 Å². The van der Waals surface area contributed by atoms with Crippen LogP contribution in [0.15, 0.2) is 41.0 Å². The fourth-order valence-corrected chi connectivity index (χ4v) is 5.41. The number of nitrogens with one attached hydrogen (secondary N) is 1. The number of fused-ring (bicyclic) bond motifs is 1. The lowest BCUT2D eigenvalue weighted by Gasteiger charge is -2.50. The standard InChI is InChI=1S/C20H21N7O6S2/c1-2-33-24-12(15-23-20(21)35-25-15)16(29)22-13-17(30)27-14(19(31)32)11(9-34-18(13)27)7-26-5-3-4-10(6-26)8-28/h3-6,13,18,28H,2,7-9H2,1H3,(H3-,21,22,23,25,29,31,32)/t13?,18-/m0/s1. The molecule has 2 amide bonds. The molecule has 4 N–H and O–H groups in total. The number of thioether (sulfide) groups is 1. The minimum Gasteiger partial charge on any atom is -0.543 e. The summed E-state index contributed by atoms with van der Waals surface area (Å²) in [6.07, 6.45) is 3.42. The van der Waals surface area contributed by atoms with E-state index in [0.29, 0.717) is 16.9 Å². The number of nitrogens with zero attached hydrogens (tertiary/aromatic N) is 5. The number of carbonyl (C=O) groups is 3. The minimum atomic E-state index is -1.48. The fourth-order valence-electron chi connectivity index (χ4n) is 3.64. The molecule has 0 radical (unpaired) electrons. The van der Waals surface area contributed by atoms with Gasteiger partial charge in [0.05, 0.1) is 18.3 Å². The maximum Gasteiger partial charge on any atom is 0.278 e. The van der Waals surface area contributed by atoms with Crippen LogP contribution in [0.25, 0.3) is 0 Å². The van der Waals surface area contributed by atoms with Crippen LogP contribution in [-0.4, -0.2) is 66.6 Å². The van der Waals surface area contributed by atoms with Gasteiger partial charge in [-0.05, 0) is 13.0 Å². The van der Waals surface area contributed by atoms with E-state index in [4.69, 9.17) is 10.6 Å². The number of nitrogen functional groups attached to an aromatic ring is 1. The monoisotopic (exact) mass is 519 g/mol. The van der Waals surface area contributed by atoms with E-state index < -0.39 is 29.2 Å². The topological polar surface area (TPSA) is 187 Å². The molecule has 2 aliphatic heterocycles. The number of amides is 2. The van der Waals surface area contributed by atoms with Crippen molar-refractivity contribution in [2.75, 3.05) is 18.1 Å². The van der Waals surface area contributed by atoms with E-state index in [9.17, 15) is 24.6 Å². The summed E-state index contributed by atoms with van der Waals surface area (Å²) in [5.41, 5.74) is 6.27. The molecule has 2 atom stereocenters. The van der Waals surface area contributed by atoms with E-state index in [1.165, 1.54) is 11.8 Å². The maximum atomic E-state index is 12.9. The van der Waals surface area contributed by atoms with Crippen molar-refractivity contribution in [2.45, 2.75) is 31.5 Å². The first kappa shape index (κ1) is 24.6. The summed E-state index contributed by atoms with van der Waals surface area (Å²) in [5.74, 6) is -2.58. The number of aliphatic carboxylic acids is 1. The Morgan fingerprint density at radius 2 is 2.29 bits per heavy atom. The zero-order valence-corrected chi connectivity index (χ0v) is 20.0. The first-order valence-corrected chi connectivity index (χ1v) is 12.2. The van der Waals surface area contributed by atoms with Gasteiger partial charge in [-0.15, -0.1) is 11.8 Å². The number of hydrogen-bond acceptors (Lipinski definition) is 12. The van der Waals surface area contributed by atoms with Crippen LogP contribution in [0.5, 0.6) is 0 Å². The van der Waals surface area contributed by atoms with Gasteiger partial charge < -0.3 is 30.9 Å². The number of carbonyl (C=O) groups excluding carboxylic acids is 3. The molecule has 13 nitrogen and oxygen atoms in total. The number of nitrogens with two attached hydrogens (primary N) is 1. The third-order valence-corrected chi connectivity index (χ3v) is 7.04. The second-order valence-electron chi connectivity index (χ2n) is 7.46. The Bertz CT molecular complexity index is 1230. The van der Waals surface area contributed by atoms with Crippen LogP contribution >= 0.6 is 23.3 Å². The number of carboxylic acid groups (broad SMARTS) is 1. The number of rotatable bonds is 9. The lowest BCUT2D eigenvalue weighted by atomic mass is 10.0. The predicted molar refractivity (Wildman–Crippen MR) is 122 cm³/mol. The lowest BCUT2D eigenvalue weighted by Crippen LogP contribution is -2.71. The normalized spacial score (nSPS) is 19.8. The number of β-lactam (4-membered cyclic amide) rings is 1. The SMILES string of the molecule is CCON=C(C(=O)NC1C(=O)N2C(C(=O)[O-])=C(C[n+]3cccc(CO)c3)CS[C@@H]12)c1nsc(N)n1. The van der Waals surface area contributed by atoms with Gasteiger partial charge in [-0.2, -0.15) is 9.36 Å². The van der Waals surface area contributed by atoms with E-state index in [0.717, 1.165) is 16.4 Å². The average molecular weight is 520 g/mol. The first-order chi connectivity index (χ1) is 16.8. The Morgan fingerprint density at radius 3 is 2.94 bits per heavy atom. The second-order valence-corrected chi connectivity index (χ2v) is 9.35. The molecule has 1 unspecified atom stereocenters. The maximum absolute atomic E-state index is 12.9. The van der Waals surface area contributed by atoms with Crippen LogP contribution in [0.2, 0.25) is 0 Å². The van der Waals surface area contributed by atoms with Crippen LogP contribution in [0.1, 0.15) is 18.3 Å². The molecule has 1 saturated heterocycles. The van der Waals surface area contributed by atoms with Gasteiger partial charge in [0.15, 0.2) is 24.1 Å². The Labute approximate surface area is 207 Å². The largest absolute Gasteiger partial charge is 0.543 e. The highest BCUT2D eigenvalue weighted by atomic mass is 32.2. The minimum absolute atomic E-state index is 0.0434. The van der Waals surface area contributed by atoms with Gasteiger partial charge >= 0.3 is 0 Å². The average Bonchev–Trinajstić information content (AvgIpc) is 3.28. The van der Waals surface area contributed by atoms with Crippen molar-refractivity contribution in [2.24, 2.45) is 5.16 Å². The van der Waals surface area contributed by atoms with Crippen LogP contribution in [0, 0.1) is 0 Å². The Hall–Kier alpha value is -3.56. The van der Waals surface area contributed by atoms with Crippen LogP contribution in [0.3, 0.4) is 0 Å². The lowest BCUT2D eigenvalue weighted by molar-refractivity contribution is -0.689. The quantitative estimate of drug-likeness (QED) is 0.141. The van der Waals surface area contributed by atoms with Crippen molar-refractivity contribution in [3.63, 3.8) is 0 Å². The molecule has 0 aromatic carbocycles. The molecule has 2 aromatic rings. The van der Waals surface area contributed by atoms with Crippen LogP contribution < -0.4 is 20.7 Å². The third kappa shape index (κ3) is 4.96. The molecule has 15 heteroatoms. The Balaban J connectivity index is 1.53. The number of hydrogen-bond donors (Lipinski definition) is 3. The molecule has 184 valence electrons. The molecular formula is C20H21N7O6S2. The van der Waals surface area contributed by atoms with Gasteiger partial charge in [0.2, 0.25) is 11.5 Å². The number of oxime groups is 1. The highest BCUT2D eigenvalue weighted by molar-refractivity contribution is 8.00. The zero-order valence-electron chi connectivity index (χ0n) is 18.4. The van der Waals surface area contributed by atoms with Crippen molar-refractivity contribution in [1.82, 2.24) is 19.6 Å². The summed E-state index contributed by atoms with van der Waals surface area (Å²) in [5, 5.41) is 27.1. The zero-order chi connectivity index (χ0) is 25.1. The molecule has 2 aromatic heterocycles. The number of aliphatic hydroxyl groups is 1. The number of aromatic nitrogens is 3. The smallest absolute Gasteiger partial charge is 0.278 e. The molecule has 4 heterocycles. The van der Waals surface area contributed by atoms with Crippen molar-refractivity contribution in [3.05, 3.63) is 47.2 Å². The van der Waals surface area contributed by atoms with Gasteiger partial charge in [-0.1, -0.05) is 5.16 Å². The van der Waals surface area contributed by atoms with Crippen molar-refractivity contribution in [3.8, 4) is 0 Å². The molecule has 2 aliphatic rings. The number of pyridine rings is 1. The highest BCUT2D eigenvalue weighted by Crippen LogP contribution is 2.40. The molecule has 0 bridgehead atoms. The molecular weight excluding hydrogens is 498 g/mol. The van der Waals surface area contributed by atoms with Crippen LogP contribution in [-0.2, 0) is 32.4 Å². The molecule has 35 heavy (non-hydrogen) atoms. The molecule has 0 spiro atoms. The van der Waals surface area contributed by atoms with Crippen molar-refractivity contribution in [1.29, 1.82) is 0 Å². The third-order valence-electron chi connectivity index (χ3n) is 5.16. The Kier molecular flexibility index (Phi) is 7.28. The molecule has 4 rings (SSSR count). The second kappa shape index (κ2) is 10.4. The van der Waals surface area contributed by atoms with Gasteiger partial charge in [0.25, 0.3) is 11.8 Å². The van der Waals surface area contributed by atoms with E-state index in [1.807, 2.05) is 0 Å². The van der Waals surface area contributed by atoms with Crippen LogP contribution in [0.4, 0.5) is 5.13 Å². The van der Waals surface area contributed by atoms with Gasteiger partial charge in [-0.3, -0.25) is 14.5 Å². The number of aliphatic hydroxyl groups excluding tert-OH is 1. The fraction of sp³-hybridized carbons (Fsp3) is 0.350. The van der Waals surface area contributed by atoms with Crippen molar-refractivity contribution >= 4 is 51.9 Å². The summed E-state index contributed by atoms with van der Waals surface area (Å²) >= 11 is 2.19. The highest BCUT2D eigenvalue weighted by Gasteiger charge is 2.53. The predicted octanol–water partition coefficient (Wildman–Crippen LogP) is -2.26. The number of anilines is 1. The van der Waals surface area contributed by atoms with E-state index in [2.05, 4.69) is 19.8 Å². The van der Waals surface area contributed by atoms with E-state index in [-0.39, 0.29) is 42.1 Å². The van der Waals surface area contributed by atoms with Gasteiger partial charge in [0, 0.05) is 34.5 Å². The van der Waals surface area contributed by atoms with E-state index >= 15 is 0 Å². The van der Waals surface area contributed by atoms with Gasteiger partial charge in [0.1, 0.15) is 18.0 Å². The summed E-state index contributed by atoms with van der Waals surface area (Å²) in [7, 11) is 0. The Morgan fingerprint density at radius 1 is 1.49 bits per heavy atom. The van der Waals surface area contributed by atoms with E-state index in [1.54, 1.807) is 36.0 Å². The summed E-state index contributed by atoms with van der Waals surface area (Å²) < 4.78 is 5.68. The summed E-state index contributed by atoms with van der Waals surface area (Å²) in [4.78, 5) is 47.8. The molecule has 0 saturated carbocycles.